The van der Waals surface area contributed by atoms with Gasteiger partial charge in [-0.3, -0.25) is 4.79 Å². The number of rotatable bonds is 8. The molecule has 0 aromatic heterocycles. The summed E-state index contributed by atoms with van der Waals surface area (Å²) >= 11 is 0. The number of methoxy groups -OCH3 is 1. The highest BCUT2D eigenvalue weighted by Crippen LogP contribution is 2.16. The van der Waals surface area contributed by atoms with Crippen LogP contribution < -0.4 is 14.8 Å². The second-order valence-electron chi connectivity index (χ2n) is 5.81. The normalized spacial score (nSPS) is 12.1. The molecule has 28 heavy (non-hydrogen) atoms. The molecule has 0 unspecified atom stereocenters. The lowest BCUT2D eigenvalue weighted by Gasteiger charge is -2.15. The van der Waals surface area contributed by atoms with Gasteiger partial charge in [0.1, 0.15) is 5.75 Å². The maximum absolute atomic E-state index is 12.4. The third-order valence-corrected chi connectivity index (χ3v) is 5.32. The number of esters is 1. The van der Waals surface area contributed by atoms with Crippen LogP contribution in [0.15, 0.2) is 53.4 Å². The fourth-order valence-corrected chi connectivity index (χ4v) is 3.47. The lowest BCUT2D eigenvalue weighted by atomic mass is 10.2. The smallest absolute Gasteiger partial charge is 0.338 e. The van der Waals surface area contributed by atoms with Gasteiger partial charge in [0.2, 0.25) is 15.9 Å². The van der Waals surface area contributed by atoms with Crippen LogP contribution in [-0.2, 0) is 19.6 Å². The number of hydrogen-bond donors (Lipinski definition) is 2. The van der Waals surface area contributed by atoms with E-state index < -0.39 is 27.9 Å². The van der Waals surface area contributed by atoms with Gasteiger partial charge in [0.25, 0.3) is 0 Å². The highest BCUT2D eigenvalue weighted by atomic mass is 32.2. The number of anilines is 1. The van der Waals surface area contributed by atoms with Gasteiger partial charge in [0, 0.05) is 5.69 Å². The van der Waals surface area contributed by atoms with E-state index in [2.05, 4.69) is 10.0 Å². The Balaban J connectivity index is 2.00. The summed E-state index contributed by atoms with van der Waals surface area (Å²) in [6, 6.07) is 10.9. The lowest BCUT2D eigenvalue weighted by Crippen LogP contribution is -2.41. The number of hydrogen-bond acceptors (Lipinski definition) is 6. The van der Waals surface area contributed by atoms with Crippen molar-refractivity contribution in [2.24, 2.45) is 0 Å². The van der Waals surface area contributed by atoms with E-state index in [1.54, 1.807) is 6.92 Å². The maximum Gasteiger partial charge on any atom is 0.338 e. The Morgan fingerprint density at radius 2 is 1.64 bits per heavy atom. The van der Waals surface area contributed by atoms with Crippen LogP contribution in [0.5, 0.6) is 5.75 Å². The molecule has 1 amide bonds. The summed E-state index contributed by atoms with van der Waals surface area (Å²) in [4.78, 5) is 23.9. The Morgan fingerprint density at radius 3 is 2.18 bits per heavy atom. The quantitative estimate of drug-likeness (QED) is 0.650. The first-order valence-corrected chi connectivity index (χ1v) is 9.99. The molecule has 8 nitrogen and oxygen atoms in total. The zero-order valence-corrected chi connectivity index (χ0v) is 16.6. The van der Waals surface area contributed by atoms with Crippen LogP contribution in [-0.4, -0.2) is 40.1 Å². The molecule has 2 N–H and O–H groups in total. The Bertz CT molecular complexity index is 924. The first kappa shape index (κ1) is 21.4. The summed E-state index contributed by atoms with van der Waals surface area (Å²) in [5, 5.41) is 2.59. The molecule has 0 aliphatic heterocycles. The molecule has 0 saturated carbocycles. The van der Waals surface area contributed by atoms with Crippen molar-refractivity contribution in [1.82, 2.24) is 4.72 Å². The number of benzene rings is 2. The van der Waals surface area contributed by atoms with Gasteiger partial charge in [-0.25, -0.2) is 13.2 Å². The standard InChI is InChI=1S/C19H22N2O6S/c1-4-27-19(23)14-5-7-15(8-6-14)20-18(22)13(2)21-28(24,25)17-11-9-16(26-3)10-12-17/h5-13,21H,4H2,1-3H3,(H,20,22)/t13-/m1/s1. The summed E-state index contributed by atoms with van der Waals surface area (Å²) in [5.41, 5.74) is 0.779. The molecular weight excluding hydrogens is 384 g/mol. The van der Waals surface area contributed by atoms with Crippen LogP contribution in [0, 0.1) is 0 Å². The summed E-state index contributed by atoms with van der Waals surface area (Å²) in [7, 11) is -2.39. The Kier molecular flexibility index (Phi) is 7.13. The number of amides is 1. The highest BCUT2D eigenvalue weighted by Gasteiger charge is 2.22. The second-order valence-corrected chi connectivity index (χ2v) is 7.52. The highest BCUT2D eigenvalue weighted by molar-refractivity contribution is 7.89. The summed E-state index contributed by atoms with van der Waals surface area (Å²) in [5.74, 6) is -0.474. The maximum atomic E-state index is 12.4. The topological polar surface area (TPSA) is 111 Å². The molecule has 0 heterocycles. The minimum Gasteiger partial charge on any atom is -0.497 e. The van der Waals surface area contributed by atoms with Crippen molar-refractivity contribution in [2.45, 2.75) is 24.8 Å². The van der Waals surface area contributed by atoms with E-state index in [4.69, 9.17) is 9.47 Å². The van der Waals surface area contributed by atoms with Crippen molar-refractivity contribution in [3.63, 3.8) is 0 Å². The average Bonchev–Trinajstić information content (AvgIpc) is 2.68. The molecule has 2 aromatic rings. The van der Waals surface area contributed by atoms with Crippen LogP contribution in [0.2, 0.25) is 0 Å². The predicted octanol–water partition coefficient (Wildman–Crippen LogP) is 2.18. The molecular formula is C19H22N2O6S. The fraction of sp³-hybridized carbons (Fsp3) is 0.263. The lowest BCUT2D eigenvalue weighted by molar-refractivity contribution is -0.117. The molecule has 0 aliphatic rings. The number of sulfonamides is 1. The summed E-state index contributed by atoms with van der Waals surface area (Å²) < 4.78 is 37.0. The number of carbonyl (C=O) groups excluding carboxylic acids is 2. The van der Waals surface area contributed by atoms with Gasteiger partial charge >= 0.3 is 5.97 Å². The van der Waals surface area contributed by atoms with E-state index in [0.717, 1.165) is 0 Å². The molecule has 0 bridgehead atoms. The van der Waals surface area contributed by atoms with Crippen molar-refractivity contribution in [2.75, 3.05) is 19.0 Å². The van der Waals surface area contributed by atoms with Crippen LogP contribution >= 0.6 is 0 Å². The molecule has 150 valence electrons. The van der Waals surface area contributed by atoms with Crippen molar-refractivity contribution >= 4 is 27.6 Å². The van der Waals surface area contributed by atoms with Gasteiger partial charge in [0.15, 0.2) is 0 Å². The Labute approximate surface area is 163 Å². The predicted molar refractivity (Wildman–Crippen MR) is 104 cm³/mol. The van der Waals surface area contributed by atoms with Crippen molar-refractivity contribution in [3.05, 3.63) is 54.1 Å². The van der Waals surface area contributed by atoms with Crippen molar-refractivity contribution in [3.8, 4) is 5.75 Å². The van der Waals surface area contributed by atoms with Crippen LogP contribution in [0.4, 0.5) is 5.69 Å². The molecule has 0 radical (unpaired) electrons. The van der Waals surface area contributed by atoms with E-state index in [0.29, 0.717) is 17.0 Å². The van der Waals surface area contributed by atoms with Crippen LogP contribution in [0.1, 0.15) is 24.2 Å². The minimum atomic E-state index is -3.87. The van der Waals surface area contributed by atoms with Crippen LogP contribution in [0.3, 0.4) is 0 Å². The van der Waals surface area contributed by atoms with Crippen molar-refractivity contribution < 1.29 is 27.5 Å². The Morgan fingerprint density at radius 1 is 1.04 bits per heavy atom. The fourth-order valence-electron chi connectivity index (χ4n) is 2.26. The van der Waals surface area contributed by atoms with Crippen LogP contribution in [0.25, 0.3) is 0 Å². The molecule has 0 spiro atoms. The molecule has 0 saturated heterocycles. The first-order valence-electron chi connectivity index (χ1n) is 8.51. The van der Waals surface area contributed by atoms with Crippen molar-refractivity contribution in [1.29, 1.82) is 0 Å². The summed E-state index contributed by atoms with van der Waals surface area (Å²) in [6.45, 7) is 3.41. The Hall–Kier alpha value is -2.91. The third kappa shape index (κ3) is 5.54. The summed E-state index contributed by atoms with van der Waals surface area (Å²) in [6.07, 6.45) is 0. The third-order valence-electron chi connectivity index (χ3n) is 3.76. The number of carbonyl (C=O) groups is 2. The van der Waals surface area contributed by atoms with E-state index in [1.165, 1.54) is 62.6 Å². The molecule has 0 aliphatic carbocycles. The second kappa shape index (κ2) is 9.34. The van der Waals surface area contributed by atoms with Gasteiger partial charge < -0.3 is 14.8 Å². The zero-order chi connectivity index (χ0) is 20.7. The van der Waals surface area contributed by atoms with Gasteiger partial charge in [0.05, 0.1) is 30.2 Å². The SMILES string of the molecule is CCOC(=O)c1ccc(NC(=O)[C@@H](C)NS(=O)(=O)c2ccc(OC)cc2)cc1. The first-order chi connectivity index (χ1) is 13.3. The minimum absolute atomic E-state index is 0.0201. The number of ether oxygens (including phenoxy) is 2. The molecule has 2 aromatic carbocycles. The average molecular weight is 406 g/mol. The van der Waals surface area contributed by atoms with E-state index in [1.807, 2.05) is 0 Å². The molecule has 0 fully saturated rings. The van der Waals surface area contributed by atoms with Gasteiger partial charge in [-0.15, -0.1) is 0 Å². The molecule has 2 rings (SSSR count). The zero-order valence-electron chi connectivity index (χ0n) is 15.8. The molecule has 9 heteroatoms. The monoisotopic (exact) mass is 406 g/mol. The van der Waals surface area contributed by atoms with E-state index in [9.17, 15) is 18.0 Å². The van der Waals surface area contributed by atoms with E-state index >= 15 is 0 Å². The largest absolute Gasteiger partial charge is 0.497 e. The van der Waals surface area contributed by atoms with Gasteiger partial charge in [-0.2, -0.15) is 4.72 Å². The van der Waals surface area contributed by atoms with Gasteiger partial charge in [-0.1, -0.05) is 0 Å². The molecule has 1 atom stereocenters. The number of nitrogens with one attached hydrogen (secondary N) is 2. The van der Waals surface area contributed by atoms with E-state index in [-0.39, 0.29) is 11.5 Å². The van der Waals surface area contributed by atoms with Gasteiger partial charge in [-0.05, 0) is 62.4 Å².